The number of hydrogen-bond acceptors (Lipinski definition) is 3. The molecule has 0 heterocycles. The topological polar surface area (TPSA) is 100 Å². The first-order valence-electron chi connectivity index (χ1n) is 6.92. The summed E-state index contributed by atoms with van der Waals surface area (Å²) in [6, 6.07) is 6.97. The van der Waals surface area contributed by atoms with Crippen LogP contribution in [0.5, 0.6) is 5.75 Å². The number of amidine groups is 1. The summed E-state index contributed by atoms with van der Waals surface area (Å²) in [5.74, 6) is 0.750. The van der Waals surface area contributed by atoms with Crippen molar-refractivity contribution in [1.82, 2.24) is 5.32 Å². The molecule has 0 aliphatic rings. The fraction of sp³-hybridized carbons (Fsp3) is 0.467. The number of urea groups is 1. The second kappa shape index (κ2) is 7.52. The smallest absolute Gasteiger partial charge is 0.319 e. The lowest BCUT2D eigenvalue weighted by atomic mass is 10.1. The lowest BCUT2D eigenvalue weighted by Crippen LogP contribution is -2.43. The molecule has 0 spiro atoms. The third-order valence-electron chi connectivity index (χ3n) is 2.47. The molecule has 0 saturated carbocycles. The quantitative estimate of drug-likeness (QED) is 0.368. The van der Waals surface area contributed by atoms with Gasteiger partial charge in [-0.3, -0.25) is 5.41 Å². The first kappa shape index (κ1) is 16.8. The van der Waals surface area contributed by atoms with Gasteiger partial charge in [0.25, 0.3) is 0 Å². The van der Waals surface area contributed by atoms with Crippen LogP contribution in [0, 0.1) is 5.41 Å². The van der Waals surface area contributed by atoms with Gasteiger partial charge < -0.3 is 21.1 Å². The molecule has 5 N–H and O–H groups in total. The van der Waals surface area contributed by atoms with Crippen molar-refractivity contribution in [2.24, 2.45) is 5.73 Å². The summed E-state index contributed by atoms with van der Waals surface area (Å²) in [5, 5.41) is 12.8. The number of hydrogen-bond donors (Lipinski definition) is 4. The van der Waals surface area contributed by atoms with Crippen LogP contribution in [0.3, 0.4) is 0 Å². The molecule has 0 aliphatic carbocycles. The van der Waals surface area contributed by atoms with Gasteiger partial charge in [-0.05, 0) is 39.3 Å². The second-order valence-electron chi connectivity index (χ2n) is 5.80. The molecule has 1 aromatic rings. The Labute approximate surface area is 125 Å². The number of nitrogens with one attached hydrogen (secondary N) is 3. The summed E-state index contributed by atoms with van der Waals surface area (Å²) in [6.07, 6.45) is 1.16. The number of carbonyl (C=O) groups excluding carboxylic acids is 1. The molecule has 0 fully saturated rings. The maximum atomic E-state index is 11.9. The molecule has 116 valence electrons. The molecule has 2 amide bonds. The number of anilines is 1. The zero-order valence-electron chi connectivity index (χ0n) is 12.8. The van der Waals surface area contributed by atoms with Crippen molar-refractivity contribution in [3.8, 4) is 5.75 Å². The first-order chi connectivity index (χ1) is 9.78. The summed E-state index contributed by atoms with van der Waals surface area (Å²) in [4.78, 5) is 11.9. The average Bonchev–Trinajstić information content (AvgIpc) is 2.33. The molecule has 0 unspecified atom stereocenters. The average molecular weight is 292 g/mol. The van der Waals surface area contributed by atoms with E-state index in [1.165, 1.54) is 0 Å². The summed E-state index contributed by atoms with van der Waals surface area (Å²) < 4.78 is 5.62. The SMILES string of the molecule is CC(C)(C)NC(=O)Nc1ccccc1OCCCC(=N)N. The van der Waals surface area contributed by atoms with Gasteiger partial charge in [0, 0.05) is 12.0 Å². The molecule has 0 atom stereocenters. The van der Waals surface area contributed by atoms with E-state index < -0.39 is 0 Å². The van der Waals surface area contributed by atoms with Crippen molar-refractivity contribution in [2.75, 3.05) is 11.9 Å². The van der Waals surface area contributed by atoms with Gasteiger partial charge in [0.2, 0.25) is 0 Å². The summed E-state index contributed by atoms with van der Waals surface area (Å²) >= 11 is 0. The van der Waals surface area contributed by atoms with Crippen molar-refractivity contribution >= 4 is 17.6 Å². The number of carbonyl (C=O) groups is 1. The second-order valence-corrected chi connectivity index (χ2v) is 5.80. The van der Waals surface area contributed by atoms with Crippen molar-refractivity contribution in [2.45, 2.75) is 39.2 Å². The lowest BCUT2D eigenvalue weighted by Gasteiger charge is -2.21. The van der Waals surface area contributed by atoms with Gasteiger partial charge in [0.15, 0.2) is 0 Å². The number of benzene rings is 1. The van der Waals surface area contributed by atoms with Crippen LogP contribution in [0.2, 0.25) is 0 Å². The number of rotatable bonds is 6. The van der Waals surface area contributed by atoms with Crippen LogP contribution in [0.4, 0.5) is 10.5 Å². The summed E-state index contributed by atoms with van der Waals surface area (Å²) in [7, 11) is 0. The normalized spacial score (nSPS) is 10.8. The number of nitrogens with two attached hydrogens (primary N) is 1. The standard InChI is InChI=1S/C15H24N4O2/c1-15(2,3)19-14(20)18-11-7-4-5-8-12(11)21-10-6-9-13(16)17/h4-5,7-8H,6,9-10H2,1-3H3,(H3,16,17)(H2,18,19,20). The van der Waals surface area contributed by atoms with E-state index in [4.69, 9.17) is 15.9 Å². The van der Waals surface area contributed by atoms with Crippen molar-refractivity contribution in [1.29, 1.82) is 5.41 Å². The van der Waals surface area contributed by atoms with E-state index in [2.05, 4.69) is 10.6 Å². The van der Waals surface area contributed by atoms with Crippen LogP contribution >= 0.6 is 0 Å². The van der Waals surface area contributed by atoms with E-state index in [1.807, 2.05) is 32.9 Å². The van der Waals surface area contributed by atoms with E-state index in [1.54, 1.807) is 12.1 Å². The van der Waals surface area contributed by atoms with Gasteiger partial charge in [-0.25, -0.2) is 4.79 Å². The fourth-order valence-corrected chi connectivity index (χ4v) is 1.63. The Morgan fingerprint density at radius 2 is 2.00 bits per heavy atom. The largest absolute Gasteiger partial charge is 0.491 e. The van der Waals surface area contributed by atoms with E-state index in [9.17, 15) is 4.79 Å². The number of para-hydroxylation sites is 2. The third-order valence-corrected chi connectivity index (χ3v) is 2.47. The van der Waals surface area contributed by atoms with Gasteiger partial charge in [0.05, 0.1) is 18.1 Å². The zero-order valence-corrected chi connectivity index (χ0v) is 12.8. The minimum Gasteiger partial charge on any atom is -0.491 e. The molecular formula is C15H24N4O2. The van der Waals surface area contributed by atoms with Crippen LogP contribution in [0.15, 0.2) is 24.3 Å². The van der Waals surface area contributed by atoms with E-state index in [0.29, 0.717) is 30.9 Å². The predicted octanol–water partition coefficient (Wildman–Crippen LogP) is 2.70. The number of ether oxygens (including phenoxy) is 1. The van der Waals surface area contributed by atoms with Gasteiger partial charge in [-0.2, -0.15) is 0 Å². The Balaban J connectivity index is 2.58. The highest BCUT2D eigenvalue weighted by Crippen LogP contribution is 2.24. The van der Waals surface area contributed by atoms with Crippen molar-refractivity contribution in [3.63, 3.8) is 0 Å². The molecule has 0 saturated heterocycles. The fourth-order valence-electron chi connectivity index (χ4n) is 1.63. The monoisotopic (exact) mass is 292 g/mol. The number of amides is 2. The Kier molecular flexibility index (Phi) is 6.02. The lowest BCUT2D eigenvalue weighted by molar-refractivity contribution is 0.243. The van der Waals surface area contributed by atoms with Gasteiger partial charge in [0.1, 0.15) is 5.75 Å². The first-order valence-corrected chi connectivity index (χ1v) is 6.92. The molecular weight excluding hydrogens is 268 g/mol. The molecule has 0 aliphatic heterocycles. The molecule has 0 radical (unpaired) electrons. The molecule has 6 nitrogen and oxygen atoms in total. The van der Waals surface area contributed by atoms with Gasteiger partial charge >= 0.3 is 6.03 Å². The zero-order chi connectivity index (χ0) is 15.9. The van der Waals surface area contributed by atoms with Crippen molar-refractivity contribution < 1.29 is 9.53 Å². The molecule has 0 aromatic heterocycles. The van der Waals surface area contributed by atoms with Gasteiger partial charge in [-0.15, -0.1) is 0 Å². The molecule has 1 aromatic carbocycles. The van der Waals surface area contributed by atoms with Crippen LogP contribution in [0.1, 0.15) is 33.6 Å². The van der Waals surface area contributed by atoms with Crippen LogP contribution < -0.4 is 21.1 Å². The van der Waals surface area contributed by atoms with Crippen LogP contribution in [0.25, 0.3) is 0 Å². The minimum absolute atomic E-state index is 0.148. The van der Waals surface area contributed by atoms with E-state index >= 15 is 0 Å². The Morgan fingerprint density at radius 3 is 2.62 bits per heavy atom. The van der Waals surface area contributed by atoms with E-state index in [0.717, 1.165) is 0 Å². The molecule has 21 heavy (non-hydrogen) atoms. The molecule has 1 rings (SSSR count). The minimum atomic E-state index is -0.304. The van der Waals surface area contributed by atoms with E-state index in [-0.39, 0.29) is 17.4 Å². The Hall–Kier alpha value is -2.24. The third kappa shape index (κ3) is 7.20. The highest BCUT2D eigenvalue weighted by Gasteiger charge is 2.14. The Bertz CT molecular complexity index is 495. The maximum absolute atomic E-state index is 11.9. The summed E-state index contributed by atoms with van der Waals surface area (Å²) in [6.45, 7) is 6.18. The highest BCUT2D eigenvalue weighted by atomic mass is 16.5. The van der Waals surface area contributed by atoms with Crippen molar-refractivity contribution in [3.05, 3.63) is 24.3 Å². The summed E-state index contributed by atoms with van der Waals surface area (Å²) in [5.41, 5.74) is 5.60. The van der Waals surface area contributed by atoms with Crippen LogP contribution in [-0.2, 0) is 0 Å². The van der Waals surface area contributed by atoms with Crippen LogP contribution in [-0.4, -0.2) is 24.0 Å². The predicted molar refractivity (Wildman–Crippen MR) is 85.0 cm³/mol. The maximum Gasteiger partial charge on any atom is 0.319 e. The molecule has 0 bridgehead atoms. The molecule has 6 heteroatoms. The highest BCUT2D eigenvalue weighted by molar-refractivity contribution is 5.91. The van der Waals surface area contributed by atoms with Gasteiger partial charge in [-0.1, -0.05) is 12.1 Å². The Morgan fingerprint density at radius 1 is 1.33 bits per heavy atom.